The number of nitro groups is 1. The van der Waals surface area contributed by atoms with E-state index < -0.39 is 22.9 Å². The molecule has 0 amide bonds. The van der Waals surface area contributed by atoms with Crippen LogP contribution < -0.4 is 4.74 Å². The van der Waals surface area contributed by atoms with E-state index in [9.17, 15) is 19.3 Å². The van der Waals surface area contributed by atoms with Crippen LogP contribution in [0.15, 0.2) is 18.2 Å². The zero-order chi connectivity index (χ0) is 13.7. The van der Waals surface area contributed by atoms with E-state index in [1.165, 1.54) is 32.0 Å². The minimum absolute atomic E-state index is 0.00151. The van der Waals surface area contributed by atoms with E-state index in [4.69, 9.17) is 0 Å². The van der Waals surface area contributed by atoms with E-state index in [0.29, 0.717) is 5.56 Å². The van der Waals surface area contributed by atoms with E-state index in [2.05, 4.69) is 9.47 Å². The molecule has 1 rings (SSSR count). The normalized spacial score (nSPS) is 11.7. The maximum Gasteiger partial charge on any atom is 0.381 e. The van der Waals surface area contributed by atoms with Crippen LogP contribution >= 0.6 is 0 Å². The van der Waals surface area contributed by atoms with Gasteiger partial charge in [0, 0.05) is 6.07 Å². The second-order valence-electron chi connectivity index (χ2n) is 3.37. The molecule has 6 nitrogen and oxygen atoms in total. The number of esters is 1. The molecule has 0 fully saturated rings. The first-order chi connectivity index (χ1) is 8.47. The van der Waals surface area contributed by atoms with Gasteiger partial charge in [-0.25, -0.2) is 4.79 Å². The summed E-state index contributed by atoms with van der Waals surface area (Å²) in [6.07, 6.45) is -2.38. The molecule has 18 heavy (non-hydrogen) atoms. The summed E-state index contributed by atoms with van der Waals surface area (Å²) in [4.78, 5) is 21.1. The molecule has 0 aliphatic rings. The molecule has 7 heteroatoms. The number of aryl methyl sites for hydroxylation is 1. The summed E-state index contributed by atoms with van der Waals surface area (Å²) in [7, 11) is 0. The molecule has 0 heterocycles. The fraction of sp³-hybridized carbons (Fsp3) is 0.364. The number of ether oxygens (including phenoxy) is 2. The standard InChI is InChI=1S/C11H12FNO5/c1-3-17-11(14)10(12)18-9-7(2)5-4-6-8(9)13(15)16/h4-6,10H,3H2,1-2H3. The predicted molar refractivity (Wildman–Crippen MR) is 60.0 cm³/mol. The number of alkyl halides is 1. The summed E-state index contributed by atoms with van der Waals surface area (Å²) >= 11 is 0. The summed E-state index contributed by atoms with van der Waals surface area (Å²) in [5.41, 5.74) is -0.0434. The molecule has 0 saturated carbocycles. The lowest BCUT2D eigenvalue weighted by molar-refractivity contribution is -0.386. The molecule has 0 aromatic heterocycles. The highest BCUT2D eigenvalue weighted by Crippen LogP contribution is 2.31. The molecule has 0 bridgehead atoms. The van der Waals surface area contributed by atoms with Crippen molar-refractivity contribution in [2.45, 2.75) is 20.2 Å². The van der Waals surface area contributed by atoms with Gasteiger partial charge in [-0.05, 0) is 19.4 Å². The van der Waals surface area contributed by atoms with Crippen LogP contribution in [0.25, 0.3) is 0 Å². The van der Waals surface area contributed by atoms with E-state index in [0.717, 1.165) is 0 Å². The lowest BCUT2D eigenvalue weighted by atomic mass is 10.2. The molecule has 0 spiro atoms. The molecule has 1 atom stereocenters. The van der Waals surface area contributed by atoms with Crippen LogP contribution in [0, 0.1) is 17.0 Å². The highest BCUT2D eigenvalue weighted by atomic mass is 19.1. The largest absolute Gasteiger partial charge is 0.461 e. The zero-order valence-corrected chi connectivity index (χ0v) is 9.88. The first-order valence-electron chi connectivity index (χ1n) is 5.18. The number of carbonyl (C=O) groups excluding carboxylic acids is 1. The molecule has 0 saturated heterocycles. The third-order valence-corrected chi connectivity index (χ3v) is 2.08. The Hall–Kier alpha value is -2.18. The highest BCUT2D eigenvalue weighted by molar-refractivity contribution is 5.73. The molecular formula is C11H12FNO5. The molecule has 0 N–H and O–H groups in total. The van der Waals surface area contributed by atoms with E-state index in [1.54, 1.807) is 0 Å². The Labute approximate surface area is 102 Å². The van der Waals surface area contributed by atoms with Crippen molar-refractivity contribution in [2.24, 2.45) is 0 Å². The molecule has 1 aromatic rings. The minimum atomic E-state index is -2.38. The average molecular weight is 257 g/mol. The Morgan fingerprint density at radius 2 is 2.22 bits per heavy atom. The van der Waals surface area contributed by atoms with E-state index in [-0.39, 0.29) is 12.4 Å². The SMILES string of the molecule is CCOC(=O)C(F)Oc1c(C)cccc1[N+](=O)[O-]. The van der Waals surface area contributed by atoms with Crippen LogP contribution in [0.4, 0.5) is 10.1 Å². The summed E-state index contributed by atoms with van der Waals surface area (Å²) < 4.78 is 22.4. The van der Waals surface area contributed by atoms with E-state index in [1.807, 2.05) is 0 Å². The molecule has 0 aliphatic carbocycles. The van der Waals surface area contributed by atoms with Crippen molar-refractivity contribution in [2.75, 3.05) is 6.61 Å². The Morgan fingerprint density at radius 1 is 1.56 bits per heavy atom. The lowest BCUT2D eigenvalue weighted by Gasteiger charge is -2.12. The fourth-order valence-corrected chi connectivity index (χ4v) is 1.29. The molecule has 0 radical (unpaired) electrons. The van der Waals surface area contributed by atoms with Gasteiger partial charge in [-0.15, -0.1) is 0 Å². The van der Waals surface area contributed by atoms with Crippen molar-refractivity contribution >= 4 is 11.7 Å². The smallest absolute Gasteiger partial charge is 0.381 e. The number of rotatable bonds is 5. The topological polar surface area (TPSA) is 78.7 Å². The summed E-state index contributed by atoms with van der Waals surface area (Å²) in [6, 6.07) is 4.12. The Kier molecular flexibility index (Phi) is 4.59. The van der Waals surface area contributed by atoms with Crippen LogP contribution in [0.2, 0.25) is 0 Å². The minimum Gasteiger partial charge on any atom is -0.461 e. The Bertz CT molecular complexity index is 463. The number of hydrogen-bond acceptors (Lipinski definition) is 5. The van der Waals surface area contributed by atoms with Gasteiger partial charge in [0.15, 0.2) is 0 Å². The van der Waals surface area contributed by atoms with Gasteiger partial charge >= 0.3 is 18.0 Å². The van der Waals surface area contributed by atoms with E-state index >= 15 is 0 Å². The predicted octanol–water partition coefficient (Wildman–Crippen LogP) is 2.14. The highest BCUT2D eigenvalue weighted by Gasteiger charge is 2.26. The lowest BCUT2D eigenvalue weighted by Crippen LogP contribution is -2.25. The van der Waals surface area contributed by atoms with Crippen LogP contribution in [0.1, 0.15) is 12.5 Å². The molecule has 1 unspecified atom stereocenters. The van der Waals surface area contributed by atoms with Gasteiger partial charge in [-0.1, -0.05) is 12.1 Å². The number of hydrogen-bond donors (Lipinski definition) is 0. The van der Waals surface area contributed by atoms with Crippen molar-refractivity contribution < 1.29 is 23.6 Å². The number of benzene rings is 1. The second kappa shape index (κ2) is 5.95. The third-order valence-electron chi connectivity index (χ3n) is 2.08. The van der Waals surface area contributed by atoms with Crippen LogP contribution in [-0.4, -0.2) is 23.9 Å². The fourth-order valence-electron chi connectivity index (χ4n) is 1.29. The molecule has 1 aromatic carbocycles. The van der Waals surface area contributed by atoms with Gasteiger partial charge in [0.25, 0.3) is 0 Å². The number of carbonyl (C=O) groups is 1. The van der Waals surface area contributed by atoms with Gasteiger partial charge in [0.05, 0.1) is 11.5 Å². The first-order valence-corrected chi connectivity index (χ1v) is 5.18. The Morgan fingerprint density at radius 3 is 2.78 bits per heavy atom. The van der Waals surface area contributed by atoms with Gasteiger partial charge in [-0.2, -0.15) is 4.39 Å². The number of halogens is 1. The van der Waals surface area contributed by atoms with Crippen molar-refractivity contribution in [3.63, 3.8) is 0 Å². The second-order valence-corrected chi connectivity index (χ2v) is 3.37. The van der Waals surface area contributed by atoms with Crippen molar-refractivity contribution in [3.05, 3.63) is 33.9 Å². The van der Waals surface area contributed by atoms with Gasteiger partial charge in [0.1, 0.15) is 0 Å². The summed E-state index contributed by atoms with van der Waals surface area (Å²) in [6.45, 7) is 3.03. The molecular weight excluding hydrogens is 245 g/mol. The maximum atomic E-state index is 13.4. The van der Waals surface area contributed by atoms with Crippen molar-refractivity contribution in [3.8, 4) is 5.75 Å². The zero-order valence-electron chi connectivity index (χ0n) is 9.88. The van der Waals surface area contributed by atoms with Gasteiger partial charge in [0.2, 0.25) is 5.75 Å². The average Bonchev–Trinajstić information content (AvgIpc) is 2.31. The quantitative estimate of drug-likeness (QED) is 0.458. The van der Waals surface area contributed by atoms with Gasteiger partial charge in [-0.3, -0.25) is 10.1 Å². The van der Waals surface area contributed by atoms with Crippen molar-refractivity contribution in [1.82, 2.24) is 0 Å². The van der Waals surface area contributed by atoms with Gasteiger partial charge < -0.3 is 9.47 Å². The van der Waals surface area contributed by atoms with Crippen LogP contribution in [0.5, 0.6) is 5.75 Å². The van der Waals surface area contributed by atoms with Crippen LogP contribution in [-0.2, 0) is 9.53 Å². The summed E-state index contributed by atoms with van der Waals surface area (Å²) in [5, 5.41) is 10.7. The monoisotopic (exact) mass is 257 g/mol. The maximum absolute atomic E-state index is 13.4. The molecule has 0 aliphatic heterocycles. The first kappa shape index (κ1) is 13.9. The third kappa shape index (κ3) is 3.16. The number of nitrogens with zero attached hydrogens (tertiary/aromatic N) is 1. The number of para-hydroxylation sites is 1. The Balaban J connectivity index is 2.96. The summed E-state index contributed by atoms with van der Waals surface area (Å²) in [5.74, 6) is -1.49. The molecule has 98 valence electrons. The van der Waals surface area contributed by atoms with Crippen molar-refractivity contribution in [1.29, 1.82) is 0 Å². The number of nitro benzene ring substituents is 1. The van der Waals surface area contributed by atoms with Crippen LogP contribution in [0.3, 0.4) is 0 Å².